The van der Waals surface area contributed by atoms with Crippen molar-refractivity contribution in [3.8, 4) is 0 Å². The maximum Gasteiger partial charge on any atom is 0.274 e. The maximum absolute atomic E-state index is 13.5. The van der Waals surface area contributed by atoms with Crippen molar-refractivity contribution in [1.82, 2.24) is 4.72 Å². The van der Waals surface area contributed by atoms with Gasteiger partial charge in [0, 0.05) is 5.56 Å². The van der Waals surface area contributed by atoms with Crippen LogP contribution in [0.15, 0.2) is 18.2 Å². The van der Waals surface area contributed by atoms with Crippen LogP contribution in [0, 0.1) is 17.6 Å². The Morgan fingerprint density at radius 3 is 2.53 bits per heavy atom. The molecule has 1 fully saturated rings. The molecule has 94 valence electrons. The zero-order valence-corrected chi connectivity index (χ0v) is 9.68. The third-order valence-corrected chi connectivity index (χ3v) is 3.26. The summed E-state index contributed by atoms with van der Waals surface area (Å²) in [5, 5.41) is 4.87. The number of hydrogen-bond acceptors (Lipinski definition) is 2. The van der Waals surface area contributed by atoms with Crippen LogP contribution in [-0.2, 0) is 10.2 Å². The van der Waals surface area contributed by atoms with Crippen molar-refractivity contribution < 1.29 is 17.2 Å². The quantitative estimate of drug-likeness (QED) is 0.856. The molecule has 0 aliphatic heterocycles. The van der Waals surface area contributed by atoms with Crippen LogP contribution >= 0.6 is 0 Å². The van der Waals surface area contributed by atoms with Crippen LogP contribution in [-0.4, -0.2) is 8.42 Å². The van der Waals surface area contributed by atoms with E-state index in [2.05, 4.69) is 4.72 Å². The van der Waals surface area contributed by atoms with E-state index >= 15 is 0 Å². The lowest BCUT2D eigenvalue weighted by Crippen LogP contribution is -2.35. The lowest BCUT2D eigenvalue weighted by atomic mass is 10.0. The molecule has 0 aromatic heterocycles. The predicted molar refractivity (Wildman–Crippen MR) is 58.1 cm³/mol. The highest BCUT2D eigenvalue weighted by Crippen LogP contribution is 2.42. The Bertz CT molecular complexity index is 529. The first kappa shape index (κ1) is 12.4. The standard InChI is InChI=1S/C10H12F2N2O2S/c11-7-3-4-9(12)8(5-7)10(6-1-2-6)14-17(13,15)16/h3-6,10,14H,1-2H2,(H2,13,15,16). The summed E-state index contributed by atoms with van der Waals surface area (Å²) in [5.41, 5.74) is 0.00141. The smallest absolute Gasteiger partial charge is 0.216 e. The Balaban J connectivity index is 2.35. The van der Waals surface area contributed by atoms with Gasteiger partial charge in [0.25, 0.3) is 10.2 Å². The summed E-state index contributed by atoms with van der Waals surface area (Å²) >= 11 is 0. The van der Waals surface area contributed by atoms with E-state index in [1.807, 2.05) is 0 Å². The molecule has 1 saturated carbocycles. The predicted octanol–water partition coefficient (Wildman–Crippen LogP) is 1.21. The molecule has 1 atom stereocenters. The van der Waals surface area contributed by atoms with Crippen LogP contribution in [0.4, 0.5) is 8.78 Å². The van der Waals surface area contributed by atoms with Crippen molar-refractivity contribution >= 4 is 10.2 Å². The van der Waals surface area contributed by atoms with Crippen LogP contribution in [0.5, 0.6) is 0 Å². The molecule has 1 aliphatic carbocycles. The lowest BCUT2D eigenvalue weighted by molar-refractivity contribution is 0.498. The number of benzene rings is 1. The molecule has 1 aromatic carbocycles. The molecule has 0 bridgehead atoms. The topological polar surface area (TPSA) is 72.2 Å². The number of rotatable bonds is 4. The van der Waals surface area contributed by atoms with Crippen LogP contribution in [0.3, 0.4) is 0 Å². The Morgan fingerprint density at radius 2 is 2.00 bits per heavy atom. The van der Waals surface area contributed by atoms with Gasteiger partial charge in [0.1, 0.15) is 11.6 Å². The molecule has 2 rings (SSSR count). The average molecular weight is 262 g/mol. The van der Waals surface area contributed by atoms with E-state index in [9.17, 15) is 17.2 Å². The first-order valence-electron chi connectivity index (χ1n) is 5.12. The van der Waals surface area contributed by atoms with Gasteiger partial charge in [-0.15, -0.1) is 0 Å². The molecule has 3 N–H and O–H groups in total. The minimum Gasteiger partial charge on any atom is -0.216 e. The van der Waals surface area contributed by atoms with E-state index < -0.39 is 27.9 Å². The molecule has 0 saturated heterocycles. The van der Waals surface area contributed by atoms with Gasteiger partial charge in [0.15, 0.2) is 0 Å². The third kappa shape index (κ3) is 3.21. The van der Waals surface area contributed by atoms with Gasteiger partial charge >= 0.3 is 0 Å². The average Bonchev–Trinajstić information content (AvgIpc) is 3.00. The summed E-state index contributed by atoms with van der Waals surface area (Å²) in [4.78, 5) is 0. The summed E-state index contributed by atoms with van der Waals surface area (Å²) < 4.78 is 50.7. The fourth-order valence-electron chi connectivity index (χ4n) is 1.77. The Kier molecular flexibility index (Phi) is 3.15. The molecule has 0 radical (unpaired) electrons. The van der Waals surface area contributed by atoms with E-state index in [-0.39, 0.29) is 11.5 Å². The molecule has 0 amide bonds. The fourth-order valence-corrected chi connectivity index (χ4v) is 2.45. The molecule has 1 unspecified atom stereocenters. The first-order valence-corrected chi connectivity index (χ1v) is 6.66. The van der Waals surface area contributed by atoms with Gasteiger partial charge in [-0.3, -0.25) is 0 Å². The molecule has 1 aromatic rings. The normalized spacial score (nSPS) is 18.1. The fraction of sp³-hybridized carbons (Fsp3) is 0.400. The largest absolute Gasteiger partial charge is 0.274 e. The first-order chi connectivity index (χ1) is 7.87. The van der Waals surface area contributed by atoms with Gasteiger partial charge < -0.3 is 0 Å². The van der Waals surface area contributed by atoms with E-state index in [4.69, 9.17) is 5.14 Å². The van der Waals surface area contributed by atoms with Crippen LogP contribution in [0.2, 0.25) is 0 Å². The Labute approximate surface area is 98.0 Å². The van der Waals surface area contributed by atoms with Gasteiger partial charge in [-0.1, -0.05) is 0 Å². The monoisotopic (exact) mass is 262 g/mol. The maximum atomic E-state index is 13.5. The second-order valence-electron chi connectivity index (χ2n) is 4.14. The highest BCUT2D eigenvalue weighted by Gasteiger charge is 2.35. The van der Waals surface area contributed by atoms with Crippen molar-refractivity contribution in [1.29, 1.82) is 0 Å². The molecular weight excluding hydrogens is 250 g/mol. The molecule has 7 heteroatoms. The molecular formula is C10H12F2N2O2S. The number of nitrogens with two attached hydrogens (primary N) is 1. The summed E-state index contributed by atoms with van der Waals surface area (Å²) in [6, 6.07) is 2.17. The summed E-state index contributed by atoms with van der Waals surface area (Å²) in [7, 11) is -3.95. The van der Waals surface area contributed by atoms with Crippen molar-refractivity contribution in [3.63, 3.8) is 0 Å². The Morgan fingerprint density at radius 1 is 1.35 bits per heavy atom. The van der Waals surface area contributed by atoms with Gasteiger partial charge in [-0.25, -0.2) is 13.9 Å². The van der Waals surface area contributed by atoms with Crippen LogP contribution in [0.25, 0.3) is 0 Å². The SMILES string of the molecule is NS(=O)(=O)NC(c1cc(F)ccc1F)C1CC1. The van der Waals surface area contributed by atoms with E-state index in [1.54, 1.807) is 0 Å². The highest BCUT2D eigenvalue weighted by atomic mass is 32.2. The second kappa shape index (κ2) is 4.32. The number of halogens is 2. The van der Waals surface area contributed by atoms with Crippen molar-refractivity contribution in [2.24, 2.45) is 11.1 Å². The van der Waals surface area contributed by atoms with Gasteiger partial charge in [-0.05, 0) is 37.0 Å². The zero-order valence-electron chi connectivity index (χ0n) is 8.86. The van der Waals surface area contributed by atoms with E-state index in [0.717, 1.165) is 31.0 Å². The number of hydrogen-bond donors (Lipinski definition) is 2. The summed E-state index contributed by atoms with van der Waals surface area (Å²) in [5.74, 6) is -1.27. The van der Waals surface area contributed by atoms with Crippen LogP contribution in [0.1, 0.15) is 24.4 Å². The molecule has 17 heavy (non-hydrogen) atoms. The lowest BCUT2D eigenvalue weighted by Gasteiger charge is -2.17. The highest BCUT2D eigenvalue weighted by molar-refractivity contribution is 7.87. The van der Waals surface area contributed by atoms with Crippen molar-refractivity contribution in [2.45, 2.75) is 18.9 Å². The summed E-state index contributed by atoms with van der Waals surface area (Å²) in [6.07, 6.45) is 1.53. The summed E-state index contributed by atoms with van der Waals surface area (Å²) in [6.45, 7) is 0. The molecule has 4 nitrogen and oxygen atoms in total. The molecule has 1 aliphatic rings. The number of nitrogens with one attached hydrogen (secondary N) is 1. The van der Waals surface area contributed by atoms with Gasteiger partial charge in [0.05, 0.1) is 6.04 Å². The van der Waals surface area contributed by atoms with Gasteiger partial charge in [-0.2, -0.15) is 13.1 Å². The third-order valence-electron chi connectivity index (χ3n) is 2.68. The minimum atomic E-state index is -3.95. The van der Waals surface area contributed by atoms with Crippen molar-refractivity contribution in [2.75, 3.05) is 0 Å². The molecule has 0 heterocycles. The Hall–Kier alpha value is -1.05. The van der Waals surface area contributed by atoms with Crippen molar-refractivity contribution in [3.05, 3.63) is 35.4 Å². The van der Waals surface area contributed by atoms with Gasteiger partial charge in [0.2, 0.25) is 0 Å². The zero-order chi connectivity index (χ0) is 12.6. The van der Waals surface area contributed by atoms with E-state index in [1.165, 1.54) is 0 Å². The minimum absolute atomic E-state index is 0.00141. The van der Waals surface area contributed by atoms with Crippen LogP contribution < -0.4 is 9.86 Å². The molecule has 0 spiro atoms. The van der Waals surface area contributed by atoms with E-state index in [0.29, 0.717) is 0 Å². The second-order valence-corrected chi connectivity index (χ2v) is 5.47.